The molecular formula is C9H15O4P. The lowest BCUT2D eigenvalue weighted by atomic mass is 10.1. The fourth-order valence-electron chi connectivity index (χ4n) is 1.61. The van der Waals surface area contributed by atoms with E-state index in [1.54, 1.807) is 6.92 Å². The third kappa shape index (κ3) is 2.52. The van der Waals surface area contributed by atoms with Gasteiger partial charge in [-0.05, 0) is 24.9 Å². The molecule has 1 aliphatic carbocycles. The summed E-state index contributed by atoms with van der Waals surface area (Å²) in [6.45, 7) is 2.13. The molecule has 0 spiro atoms. The number of hydrogen-bond donors (Lipinski definition) is 1. The SMILES string of the molecule is CCOC(=O)C1C(P)C1CC(O)C=O. The number of ether oxygens (including phenoxy) is 1. The van der Waals surface area contributed by atoms with Gasteiger partial charge in [-0.1, -0.05) is 0 Å². The van der Waals surface area contributed by atoms with Gasteiger partial charge in [-0.15, -0.1) is 9.24 Å². The van der Waals surface area contributed by atoms with Crippen molar-refractivity contribution < 1.29 is 19.4 Å². The van der Waals surface area contributed by atoms with E-state index in [1.807, 2.05) is 0 Å². The first-order valence-electron chi connectivity index (χ1n) is 4.67. The zero-order chi connectivity index (χ0) is 10.7. The van der Waals surface area contributed by atoms with Gasteiger partial charge in [0, 0.05) is 0 Å². The van der Waals surface area contributed by atoms with Crippen molar-refractivity contribution in [2.75, 3.05) is 6.61 Å². The van der Waals surface area contributed by atoms with Crippen LogP contribution in [0.4, 0.5) is 0 Å². The van der Waals surface area contributed by atoms with E-state index in [4.69, 9.17) is 9.84 Å². The van der Waals surface area contributed by atoms with Crippen molar-refractivity contribution in [2.45, 2.75) is 25.1 Å². The quantitative estimate of drug-likeness (QED) is 0.400. The molecule has 0 bridgehead atoms. The molecule has 1 aliphatic rings. The van der Waals surface area contributed by atoms with Gasteiger partial charge in [0.1, 0.15) is 12.4 Å². The van der Waals surface area contributed by atoms with Gasteiger partial charge in [0.05, 0.1) is 12.5 Å². The van der Waals surface area contributed by atoms with Crippen LogP contribution >= 0.6 is 9.24 Å². The highest BCUT2D eigenvalue weighted by Crippen LogP contribution is 2.49. The second-order valence-corrected chi connectivity index (χ2v) is 4.23. The summed E-state index contributed by atoms with van der Waals surface area (Å²) < 4.78 is 4.86. The minimum absolute atomic E-state index is 0.0687. The Kier molecular flexibility index (Phi) is 4.02. The van der Waals surface area contributed by atoms with Crippen LogP contribution in [0.25, 0.3) is 0 Å². The zero-order valence-electron chi connectivity index (χ0n) is 8.05. The third-order valence-electron chi connectivity index (χ3n) is 2.46. The molecule has 14 heavy (non-hydrogen) atoms. The Bertz CT molecular complexity index is 231. The summed E-state index contributed by atoms with van der Waals surface area (Å²) in [6, 6.07) is 0. The van der Waals surface area contributed by atoms with Crippen molar-refractivity contribution in [3.63, 3.8) is 0 Å². The number of esters is 1. The monoisotopic (exact) mass is 218 g/mol. The Morgan fingerprint density at radius 3 is 2.86 bits per heavy atom. The third-order valence-corrected chi connectivity index (χ3v) is 3.37. The standard InChI is InChI=1S/C9H15O4P/c1-2-13-9(12)7-6(8(7)14)3-5(11)4-10/h4-8,11H,2-3,14H2,1H3. The molecule has 5 unspecified atom stereocenters. The van der Waals surface area contributed by atoms with E-state index in [-0.39, 0.29) is 23.5 Å². The molecule has 0 aromatic rings. The first-order chi connectivity index (χ1) is 6.61. The molecule has 5 atom stereocenters. The van der Waals surface area contributed by atoms with E-state index in [2.05, 4.69) is 9.24 Å². The molecule has 1 fully saturated rings. The Morgan fingerprint density at radius 1 is 1.71 bits per heavy atom. The Balaban J connectivity index is 2.37. The van der Waals surface area contributed by atoms with Crippen molar-refractivity contribution in [3.8, 4) is 0 Å². The van der Waals surface area contributed by atoms with E-state index < -0.39 is 6.10 Å². The van der Waals surface area contributed by atoms with E-state index in [0.717, 1.165) is 0 Å². The van der Waals surface area contributed by atoms with Crippen molar-refractivity contribution in [1.29, 1.82) is 0 Å². The lowest BCUT2D eigenvalue weighted by molar-refractivity contribution is -0.145. The Labute approximate surface area is 85.2 Å². The Morgan fingerprint density at radius 2 is 2.36 bits per heavy atom. The highest BCUT2D eigenvalue weighted by atomic mass is 31.0. The fourth-order valence-corrected chi connectivity index (χ4v) is 2.32. The summed E-state index contributed by atoms with van der Waals surface area (Å²) in [5.41, 5.74) is 0.142. The maximum Gasteiger partial charge on any atom is 0.309 e. The molecule has 0 amide bonds. The predicted octanol–water partition coefficient (Wildman–Crippen LogP) is -0.0109. The molecule has 0 saturated heterocycles. The van der Waals surface area contributed by atoms with Crippen LogP contribution in [0.3, 0.4) is 0 Å². The zero-order valence-corrected chi connectivity index (χ0v) is 9.20. The number of hydrogen-bond acceptors (Lipinski definition) is 4. The number of carbonyl (C=O) groups is 2. The van der Waals surface area contributed by atoms with Crippen LogP contribution in [0, 0.1) is 11.8 Å². The van der Waals surface area contributed by atoms with Crippen LogP contribution in [-0.4, -0.2) is 35.7 Å². The van der Waals surface area contributed by atoms with E-state index in [9.17, 15) is 9.59 Å². The summed E-state index contributed by atoms with van der Waals surface area (Å²) in [5, 5.41) is 9.09. The van der Waals surface area contributed by atoms with Crippen molar-refractivity contribution in [1.82, 2.24) is 0 Å². The van der Waals surface area contributed by atoms with Gasteiger partial charge in [0.15, 0.2) is 0 Å². The molecule has 0 heterocycles. The minimum Gasteiger partial charge on any atom is -0.466 e. The number of rotatable bonds is 5. The topological polar surface area (TPSA) is 63.6 Å². The number of aldehydes is 1. The largest absolute Gasteiger partial charge is 0.466 e. The van der Waals surface area contributed by atoms with Crippen molar-refractivity contribution in [2.24, 2.45) is 11.8 Å². The van der Waals surface area contributed by atoms with Gasteiger partial charge in [-0.2, -0.15) is 0 Å². The molecule has 0 aliphatic heterocycles. The highest BCUT2D eigenvalue weighted by molar-refractivity contribution is 7.18. The summed E-state index contributed by atoms with van der Waals surface area (Å²) in [4.78, 5) is 21.5. The molecule has 0 aromatic carbocycles. The van der Waals surface area contributed by atoms with Crippen molar-refractivity contribution in [3.05, 3.63) is 0 Å². The molecule has 1 saturated carbocycles. The van der Waals surface area contributed by atoms with Crippen LogP contribution in [0.2, 0.25) is 0 Å². The molecule has 1 N–H and O–H groups in total. The molecule has 5 heteroatoms. The number of aliphatic hydroxyl groups is 1. The lowest BCUT2D eigenvalue weighted by Crippen LogP contribution is -2.12. The predicted molar refractivity (Wildman–Crippen MR) is 53.8 cm³/mol. The molecule has 0 radical (unpaired) electrons. The second-order valence-electron chi connectivity index (χ2n) is 3.46. The smallest absolute Gasteiger partial charge is 0.309 e. The van der Waals surface area contributed by atoms with E-state index in [0.29, 0.717) is 19.3 Å². The summed E-state index contributed by atoms with van der Waals surface area (Å²) in [5.74, 6) is -0.315. The van der Waals surface area contributed by atoms with Gasteiger partial charge >= 0.3 is 5.97 Å². The number of carbonyl (C=O) groups excluding carboxylic acids is 2. The van der Waals surface area contributed by atoms with Gasteiger partial charge in [-0.25, -0.2) is 0 Å². The van der Waals surface area contributed by atoms with Gasteiger partial charge < -0.3 is 14.6 Å². The van der Waals surface area contributed by atoms with Gasteiger partial charge in [-0.3, -0.25) is 4.79 Å². The maximum atomic E-state index is 11.3. The molecular weight excluding hydrogens is 203 g/mol. The summed E-state index contributed by atoms with van der Waals surface area (Å²) in [6.07, 6.45) is -0.110. The first kappa shape index (κ1) is 11.6. The molecule has 1 rings (SSSR count). The summed E-state index contributed by atoms with van der Waals surface area (Å²) in [7, 11) is 2.55. The molecule has 0 aromatic heterocycles. The van der Waals surface area contributed by atoms with Crippen molar-refractivity contribution >= 4 is 21.5 Å². The number of aliphatic hydroxyl groups excluding tert-OH is 1. The van der Waals surface area contributed by atoms with Crippen LogP contribution in [0.1, 0.15) is 13.3 Å². The highest BCUT2D eigenvalue weighted by Gasteiger charge is 2.53. The van der Waals surface area contributed by atoms with Gasteiger partial charge in [0.2, 0.25) is 0 Å². The van der Waals surface area contributed by atoms with Crippen LogP contribution in [-0.2, 0) is 14.3 Å². The Hall–Kier alpha value is -0.470. The average molecular weight is 218 g/mol. The lowest BCUT2D eigenvalue weighted by Gasteiger charge is -2.01. The van der Waals surface area contributed by atoms with E-state index >= 15 is 0 Å². The molecule has 80 valence electrons. The fraction of sp³-hybridized carbons (Fsp3) is 0.778. The van der Waals surface area contributed by atoms with Crippen LogP contribution in [0.5, 0.6) is 0 Å². The normalized spacial score (nSPS) is 32.1. The van der Waals surface area contributed by atoms with Crippen LogP contribution < -0.4 is 0 Å². The van der Waals surface area contributed by atoms with Crippen LogP contribution in [0.15, 0.2) is 0 Å². The average Bonchev–Trinajstić information content (AvgIpc) is 2.77. The van der Waals surface area contributed by atoms with E-state index in [1.165, 1.54) is 0 Å². The second kappa shape index (κ2) is 4.85. The minimum atomic E-state index is -0.956. The maximum absolute atomic E-state index is 11.3. The van der Waals surface area contributed by atoms with Gasteiger partial charge in [0.25, 0.3) is 0 Å². The molecule has 4 nitrogen and oxygen atoms in total. The summed E-state index contributed by atoms with van der Waals surface area (Å²) >= 11 is 0. The first-order valence-corrected chi connectivity index (χ1v) is 5.34.